The van der Waals surface area contributed by atoms with Crippen molar-refractivity contribution in [2.45, 2.75) is 24.1 Å². The van der Waals surface area contributed by atoms with Crippen molar-refractivity contribution >= 4 is 43.2 Å². The SMILES string of the molecule is CCn1c2ccccc2c2cc(NC(=O)c3occc3CS(=O)(=O)c3ccccc3)ccc21. The lowest BCUT2D eigenvalue weighted by Gasteiger charge is -2.08. The van der Waals surface area contributed by atoms with E-state index in [1.807, 2.05) is 30.3 Å². The van der Waals surface area contributed by atoms with Gasteiger partial charge in [0.15, 0.2) is 15.6 Å². The Kier molecular flexibility index (Phi) is 5.26. The second-order valence-electron chi connectivity index (χ2n) is 7.79. The number of rotatable bonds is 6. The first-order chi connectivity index (χ1) is 16.0. The van der Waals surface area contributed by atoms with E-state index in [-0.39, 0.29) is 16.4 Å². The summed E-state index contributed by atoms with van der Waals surface area (Å²) < 4.78 is 33.1. The summed E-state index contributed by atoms with van der Waals surface area (Å²) in [5, 5.41) is 5.01. The molecule has 0 spiro atoms. The van der Waals surface area contributed by atoms with E-state index in [1.165, 1.54) is 24.5 Å². The highest BCUT2D eigenvalue weighted by molar-refractivity contribution is 7.90. The Morgan fingerprint density at radius 2 is 1.64 bits per heavy atom. The Labute approximate surface area is 191 Å². The number of carbonyl (C=O) groups excluding carboxylic acids is 1. The first-order valence-electron chi connectivity index (χ1n) is 10.6. The van der Waals surface area contributed by atoms with Crippen LogP contribution in [0.4, 0.5) is 5.69 Å². The molecule has 1 amide bonds. The maximum absolute atomic E-state index is 13.0. The Morgan fingerprint density at radius 1 is 0.909 bits per heavy atom. The summed E-state index contributed by atoms with van der Waals surface area (Å²) in [5.41, 5.74) is 3.15. The summed E-state index contributed by atoms with van der Waals surface area (Å²) in [6, 6.07) is 23.6. The zero-order valence-electron chi connectivity index (χ0n) is 18.0. The standard InChI is InChI=1S/C26H22N2O4S/c1-2-28-23-11-7-6-10-21(23)22-16-19(12-13-24(22)28)27-26(29)25-18(14-15-32-25)17-33(30,31)20-8-4-3-5-9-20/h3-16H,2,17H2,1H3,(H,27,29). The Hall–Kier alpha value is -3.84. The van der Waals surface area contributed by atoms with Crippen LogP contribution >= 0.6 is 0 Å². The first kappa shape index (κ1) is 21.0. The summed E-state index contributed by atoms with van der Waals surface area (Å²) in [6.45, 7) is 2.94. The van der Waals surface area contributed by atoms with Crippen LogP contribution in [0, 0.1) is 0 Å². The summed E-state index contributed by atoms with van der Waals surface area (Å²) in [7, 11) is -3.61. The summed E-state index contributed by atoms with van der Waals surface area (Å²) in [5.74, 6) is -0.818. The fraction of sp³-hybridized carbons (Fsp3) is 0.115. The summed E-state index contributed by atoms with van der Waals surface area (Å²) in [4.78, 5) is 13.2. The molecule has 0 aliphatic rings. The number of hydrogen-bond donors (Lipinski definition) is 1. The largest absolute Gasteiger partial charge is 0.459 e. The lowest BCUT2D eigenvalue weighted by molar-refractivity contribution is 0.0996. The molecule has 0 aliphatic carbocycles. The number of fused-ring (bicyclic) bond motifs is 3. The average Bonchev–Trinajstić information content (AvgIpc) is 3.41. The van der Waals surface area contributed by atoms with Gasteiger partial charge < -0.3 is 14.3 Å². The van der Waals surface area contributed by atoms with Crippen LogP contribution in [0.15, 0.2) is 94.4 Å². The molecule has 1 N–H and O–H groups in total. The third kappa shape index (κ3) is 3.81. The van der Waals surface area contributed by atoms with E-state index in [2.05, 4.69) is 28.9 Å². The molecule has 2 heterocycles. The molecule has 0 aliphatic heterocycles. The number of benzene rings is 3. The number of para-hydroxylation sites is 1. The van der Waals surface area contributed by atoms with Gasteiger partial charge in [0, 0.05) is 39.6 Å². The first-order valence-corrected chi connectivity index (χ1v) is 12.3. The molecule has 0 atom stereocenters. The number of amides is 1. The van der Waals surface area contributed by atoms with Gasteiger partial charge in [-0.3, -0.25) is 4.79 Å². The van der Waals surface area contributed by atoms with Crippen molar-refractivity contribution in [1.82, 2.24) is 4.57 Å². The zero-order chi connectivity index (χ0) is 23.0. The van der Waals surface area contributed by atoms with Gasteiger partial charge in [-0.1, -0.05) is 36.4 Å². The van der Waals surface area contributed by atoms with Crippen LogP contribution in [0.2, 0.25) is 0 Å². The number of furan rings is 1. The van der Waals surface area contributed by atoms with Gasteiger partial charge >= 0.3 is 0 Å². The molecule has 166 valence electrons. The molecule has 7 heteroatoms. The molecule has 3 aromatic carbocycles. The summed E-state index contributed by atoms with van der Waals surface area (Å²) >= 11 is 0. The van der Waals surface area contributed by atoms with Crippen molar-refractivity contribution in [3.8, 4) is 0 Å². The van der Waals surface area contributed by atoms with Crippen LogP contribution in [0.1, 0.15) is 23.0 Å². The van der Waals surface area contributed by atoms with E-state index in [1.54, 1.807) is 18.2 Å². The fourth-order valence-electron chi connectivity index (χ4n) is 4.22. The number of aromatic nitrogens is 1. The Balaban J connectivity index is 1.44. The number of carbonyl (C=O) groups is 1. The lowest BCUT2D eigenvalue weighted by Crippen LogP contribution is -2.14. The maximum Gasteiger partial charge on any atom is 0.291 e. The van der Waals surface area contributed by atoms with Gasteiger partial charge in [0.05, 0.1) is 16.9 Å². The minimum Gasteiger partial charge on any atom is -0.459 e. The van der Waals surface area contributed by atoms with E-state index in [0.717, 1.165) is 28.4 Å². The minimum absolute atomic E-state index is 0.00871. The third-order valence-corrected chi connectivity index (χ3v) is 7.43. The average molecular weight is 459 g/mol. The molecule has 0 saturated heterocycles. The highest BCUT2D eigenvalue weighted by Crippen LogP contribution is 2.31. The van der Waals surface area contributed by atoms with Crippen LogP contribution in [0.3, 0.4) is 0 Å². The predicted octanol–water partition coefficient (Wildman–Crippen LogP) is 5.63. The van der Waals surface area contributed by atoms with Gasteiger partial charge in [-0.15, -0.1) is 0 Å². The number of aryl methyl sites for hydroxylation is 1. The zero-order valence-corrected chi connectivity index (χ0v) is 18.8. The molecule has 5 rings (SSSR count). The molecule has 2 aromatic heterocycles. The van der Waals surface area contributed by atoms with Crippen LogP contribution < -0.4 is 5.32 Å². The summed E-state index contributed by atoms with van der Waals surface area (Å²) in [6.07, 6.45) is 1.34. The van der Waals surface area contributed by atoms with Gasteiger partial charge in [-0.2, -0.15) is 0 Å². The molecule has 5 aromatic rings. The maximum atomic E-state index is 13.0. The molecular weight excluding hydrogens is 436 g/mol. The fourth-order valence-corrected chi connectivity index (χ4v) is 5.60. The number of nitrogens with zero attached hydrogens (tertiary/aromatic N) is 1. The van der Waals surface area contributed by atoms with Crippen LogP contribution in [0.5, 0.6) is 0 Å². The van der Waals surface area contributed by atoms with E-state index in [9.17, 15) is 13.2 Å². The normalized spacial score (nSPS) is 11.8. The van der Waals surface area contributed by atoms with Crippen molar-refractivity contribution in [2.75, 3.05) is 5.32 Å². The van der Waals surface area contributed by atoms with Gasteiger partial charge in [-0.25, -0.2) is 8.42 Å². The molecule has 0 bridgehead atoms. The number of anilines is 1. The highest BCUT2D eigenvalue weighted by atomic mass is 32.2. The van der Waals surface area contributed by atoms with Gasteiger partial charge in [-0.05, 0) is 49.4 Å². The molecule has 0 saturated carbocycles. The molecule has 0 fully saturated rings. The smallest absolute Gasteiger partial charge is 0.291 e. The number of sulfone groups is 1. The molecule has 0 radical (unpaired) electrons. The third-order valence-electron chi connectivity index (χ3n) is 5.75. The Bertz CT molecular complexity index is 1580. The second kappa shape index (κ2) is 8.26. The quantitative estimate of drug-likeness (QED) is 0.357. The Morgan fingerprint density at radius 3 is 2.42 bits per heavy atom. The van der Waals surface area contributed by atoms with Crippen molar-refractivity contribution in [3.63, 3.8) is 0 Å². The van der Waals surface area contributed by atoms with Crippen molar-refractivity contribution < 1.29 is 17.6 Å². The van der Waals surface area contributed by atoms with Gasteiger partial charge in [0.2, 0.25) is 0 Å². The molecule has 0 unspecified atom stereocenters. The lowest BCUT2D eigenvalue weighted by atomic mass is 10.1. The predicted molar refractivity (Wildman–Crippen MR) is 129 cm³/mol. The topological polar surface area (TPSA) is 81.3 Å². The van der Waals surface area contributed by atoms with Gasteiger partial charge in [0.1, 0.15) is 0 Å². The van der Waals surface area contributed by atoms with Crippen molar-refractivity contribution in [2.24, 2.45) is 0 Å². The van der Waals surface area contributed by atoms with Crippen molar-refractivity contribution in [1.29, 1.82) is 0 Å². The number of nitrogens with one attached hydrogen (secondary N) is 1. The van der Waals surface area contributed by atoms with E-state index < -0.39 is 15.7 Å². The van der Waals surface area contributed by atoms with Gasteiger partial charge in [0.25, 0.3) is 5.91 Å². The number of hydrogen-bond acceptors (Lipinski definition) is 4. The van der Waals surface area contributed by atoms with E-state index >= 15 is 0 Å². The minimum atomic E-state index is -3.61. The van der Waals surface area contributed by atoms with E-state index in [0.29, 0.717) is 11.3 Å². The van der Waals surface area contributed by atoms with E-state index in [4.69, 9.17) is 4.42 Å². The molecule has 33 heavy (non-hydrogen) atoms. The van der Waals surface area contributed by atoms with Crippen LogP contribution in [-0.2, 0) is 22.1 Å². The van der Waals surface area contributed by atoms with Crippen molar-refractivity contribution in [3.05, 3.63) is 96.4 Å². The highest BCUT2D eigenvalue weighted by Gasteiger charge is 2.23. The molecular formula is C26H22N2O4S. The van der Waals surface area contributed by atoms with Crippen LogP contribution in [-0.4, -0.2) is 18.9 Å². The second-order valence-corrected chi connectivity index (χ2v) is 9.78. The molecule has 6 nitrogen and oxygen atoms in total. The van der Waals surface area contributed by atoms with Crippen LogP contribution in [0.25, 0.3) is 21.8 Å². The monoisotopic (exact) mass is 458 g/mol.